The summed E-state index contributed by atoms with van der Waals surface area (Å²) in [7, 11) is 3.26. The summed E-state index contributed by atoms with van der Waals surface area (Å²) in [6.45, 7) is 1.48. The predicted molar refractivity (Wildman–Crippen MR) is 90.2 cm³/mol. The number of methoxy groups -OCH3 is 2. The fraction of sp³-hybridized carbons (Fsp3) is 0.294. The van der Waals surface area contributed by atoms with E-state index in [1.54, 1.807) is 44.7 Å². The third kappa shape index (κ3) is 5.27. The maximum atomic E-state index is 12.2. The number of nitrogens with one attached hydrogen (secondary N) is 2. The molecule has 23 heavy (non-hydrogen) atoms. The van der Waals surface area contributed by atoms with Gasteiger partial charge in [-0.05, 0) is 30.7 Å². The molecule has 0 aliphatic rings. The lowest BCUT2D eigenvalue weighted by atomic mass is 10.2. The number of pyridine rings is 1. The molecule has 0 fully saturated rings. The summed E-state index contributed by atoms with van der Waals surface area (Å²) in [5, 5.41) is 5.99. The first-order valence-corrected chi connectivity index (χ1v) is 7.37. The molecular formula is C17H21N3O3. The van der Waals surface area contributed by atoms with Crippen molar-refractivity contribution in [2.75, 3.05) is 38.0 Å². The summed E-state index contributed by atoms with van der Waals surface area (Å²) >= 11 is 0. The molecule has 1 heterocycles. The molecule has 6 heteroatoms. The largest absolute Gasteiger partial charge is 0.497 e. The van der Waals surface area contributed by atoms with E-state index in [1.165, 1.54) is 0 Å². The first kappa shape index (κ1) is 16.8. The van der Waals surface area contributed by atoms with E-state index in [0.717, 1.165) is 18.8 Å². The van der Waals surface area contributed by atoms with Gasteiger partial charge in [0, 0.05) is 38.2 Å². The fourth-order valence-corrected chi connectivity index (χ4v) is 1.97. The number of rotatable bonds is 8. The number of nitrogens with zero attached hydrogens (tertiary/aromatic N) is 1. The average Bonchev–Trinajstić information content (AvgIpc) is 2.59. The number of carbonyl (C=O) groups is 1. The van der Waals surface area contributed by atoms with Crippen molar-refractivity contribution in [3.63, 3.8) is 0 Å². The molecule has 122 valence electrons. The zero-order valence-corrected chi connectivity index (χ0v) is 13.3. The normalized spacial score (nSPS) is 10.2. The molecule has 0 atom stereocenters. The van der Waals surface area contributed by atoms with Crippen LogP contribution in [0, 0.1) is 0 Å². The van der Waals surface area contributed by atoms with Gasteiger partial charge in [0.2, 0.25) is 0 Å². The molecule has 0 bridgehead atoms. The maximum absolute atomic E-state index is 12.2. The molecule has 0 aliphatic heterocycles. The second kappa shape index (κ2) is 8.75. The Morgan fingerprint density at radius 1 is 1.22 bits per heavy atom. The number of benzene rings is 1. The van der Waals surface area contributed by atoms with E-state index >= 15 is 0 Å². The summed E-state index contributed by atoms with van der Waals surface area (Å²) in [4.78, 5) is 16.4. The Hall–Kier alpha value is -2.60. The van der Waals surface area contributed by atoms with E-state index in [2.05, 4.69) is 15.6 Å². The summed E-state index contributed by atoms with van der Waals surface area (Å²) in [6, 6.07) is 10.7. The molecule has 2 N–H and O–H groups in total. The second-order valence-corrected chi connectivity index (χ2v) is 4.89. The van der Waals surface area contributed by atoms with Gasteiger partial charge in [0.15, 0.2) is 0 Å². The number of amides is 1. The number of ether oxygens (including phenoxy) is 2. The molecule has 1 aromatic carbocycles. The van der Waals surface area contributed by atoms with E-state index in [-0.39, 0.29) is 5.91 Å². The van der Waals surface area contributed by atoms with Crippen LogP contribution >= 0.6 is 0 Å². The average molecular weight is 315 g/mol. The van der Waals surface area contributed by atoms with Gasteiger partial charge in [-0.1, -0.05) is 6.07 Å². The van der Waals surface area contributed by atoms with Gasteiger partial charge >= 0.3 is 0 Å². The van der Waals surface area contributed by atoms with Crippen LogP contribution in [0.5, 0.6) is 5.75 Å². The van der Waals surface area contributed by atoms with Gasteiger partial charge in [0.1, 0.15) is 11.6 Å². The zero-order valence-electron chi connectivity index (χ0n) is 13.3. The maximum Gasteiger partial charge on any atom is 0.257 e. The summed E-state index contributed by atoms with van der Waals surface area (Å²) < 4.78 is 10.1. The smallest absolute Gasteiger partial charge is 0.257 e. The molecule has 0 saturated carbocycles. The molecule has 0 aliphatic carbocycles. The minimum absolute atomic E-state index is 0.211. The van der Waals surface area contributed by atoms with E-state index in [4.69, 9.17) is 9.47 Å². The molecular weight excluding hydrogens is 294 g/mol. The summed E-state index contributed by atoms with van der Waals surface area (Å²) in [5.74, 6) is 1.22. The van der Waals surface area contributed by atoms with Crippen molar-refractivity contribution in [3.8, 4) is 5.75 Å². The van der Waals surface area contributed by atoms with Crippen LogP contribution in [-0.2, 0) is 4.74 Å². The molecule has 0 unspecified atom stereocenters. The van der Waals surface area contributed by atoms with E-state index < -0.39 is 0 Å². The van der Waals surface area contributed by atoms with E-state index in [1.807, 2.05) is 12.1 Å². The lowest BCUT2D eigenvalue weighted by molar-refractivity contribution is 0.102. The minimum Gasteiger partial charge on any atom is -0.497 e. The minimum atomic E-state index is -0.211. The molecule has 6 nitrogen and oxygen atoms in total. The first-order chi connectivity index (χ1) is 11.2. The third-order valence-corrected chi connectivity index (χ3v) is 3.18. The highest BCUT2D eigenvalue weighted by Crippen LogP contribution is 2.17. The van der Waals surface area contributed by atoms with Gasteiger partial charge in [-0.25, -0.2) is 4.98 Å². The van der Waals surface area contributed by atoms with Crippen LogP contribution in [-0.4, -0.2) is 38.3 Å². The van der Waals surface area contributed by atoms with Gasteiger partial charge in [-0.15, -0.1) is 0 Å². The summed E-state index contributed by atoms with van der Waals surface area (Å²) in [5.41, 5.74) is 1.17. The lowest BCUT2D eigenvalue weighted by Crippen LogP contribution is -2.13. The zero-order chi connectivity index (χ0) is 16.5. The van der Waals surface area contributed by atoms with E-state index in [0.29, 0.717) is 23.6 Å². The molecule has 0 spiro atoms. The van der Waals surface area contributed by atoms with Crippen molar-refractivity contribution in [1.29, 1.82) is 0 Å². The molecule has 0 saturated heterocycles. The Labute approximate surface area is 135 Å². The van der Waals surface area contributed by atoms with Crippen LogP contribution in [0.2, 0.25) is 0 Å². The van der Waals surface area contributed by atoms with Crippen molar-refractivity contribution in [2.45, 2.75) is 6.42 Å². The molecule has 2 rings (SSSR count). The SMILES string of the molecule is COCCCNc1ccc(C(=O)Nc2cccc(OC)c2)cn1. The Bertz CT molecular complexity index is 629. The quantitative estimate of drug-likeness (QED) is 0.733. The lowest BCUT2D eigenvalue weighted by Gasteiger charge is -2.08. The highest BCUT2D eigenvalue weighted by molar-refractivity contribution is 6.04. The van der Waals surface area contributed by atoms with Gasteiger partial charge in [0.25, 0.3) is 5.91 Å². The van der Waals surface area contributed by atoms with Crippen LogP contribution in [0.15, 0.2) is 42.6 Å². The predicted octanol–water partition coefficient (Wildman–Crippen LogP) is 2.79. The van der Waals surface area contributed by atoms with Crippen molar-refractivity contribution in [3.05, 3.63) is 48.2 Å². The number of carbonyl (C=O) groups excluding carboxylic acids is 1. The van der Waals surface area contributed by atoms with Crippen LogP contribution in [0.3, 0.4) is 0 Å². The monoisotopic (exact) mass is 315 g/mol. The Morgan fingerprint density at radius 3 is 2.78 bits per heavy atom. The van der Waals surface area contributed by atoms with Gasteiger partial charge in [0.05, 0.1) is 12.7 Å². The van der Waals surface area contributed by atoms with Crippen molar-refractivity contribution in [1.82, 2.24) is 4.98 Å². The number of hydrogen-bond donors (Lipinski definition) is 2. The number of aromatic nitrogens is 1. The van der Waals surface area contributed by atoms with Crippen LogP contribution in [0.4, 0.5) is 11.5 Å². The molecule has 1 aromatic heterocycles. The van der Waals surface area contributed by atoms with Gasteiger partial charge < -0.3 is 20.1 Å². The first-order valence-electron chi connectivity index (χ1n) is 7.37. The van der Waals surface area contributed by atoms with Crippen molar-refractivity contribution < 1.29 is 14.3 Å². The molecule has 1 amide bonds. The van der Waals surface area contributed by atoms with Gasteiger partial charge in [-0.2, -0.15) is 0 Å². The van der Waals surface area contributed by atoms with Crippen molar-refractivity contribution >= 4 is 17.4 Å². The number of anilines is 2. The number of hydrogen-bond acceptors (Lipinski definition) is 5. The van der Waals surface area contributed by atoms with E-state index in [9.17, 15) is 4.79 Å². The Kier molecular flexibility index (Phi) is 6.38. The second-order valence-electron chi connectivity index (χ2n) is 4.89. The summed E-state index contributed by atoms with van der Waals surface area (Å²) in [6.07, 6.45) is 2.45. The van der Waals surface area contributed by atoms with Crippen molar-refractivity contribution in [2.24, 2.45) is 0 Å². The highest BCUT2D eigenvalue weighted by atomic mass is 16.5. The fourth-order valence-electron chi connectivity index (χ4n) is 1.97. The third-order valence-electron chi connectivity index (χ3n) is 3.18. The topological polar surface area (TPSA) is 72.5 Å². The molecule has 0 radical (unpaired) electrons. The highest BCUT2D eigenvalue weighted by Gasteiger charge is 2.07. The van der Waals surface area contributed by atoms with Gasteiger partial charge in [-0.3, -0.25) is 4.79 Å². The standard InChI is InChI=1S/C17H21N3O3/c1-22-10-4-9-18-16-8-7-13(12-19-16)17(21)20-14-5-3-6-15(11-14)23-2/h3,5-8,11-12H,4,9-10H2,1-2H3,(H,18,19)(H,20,21). The van der Waals surface area contributed by atoms with Crippen LogP contribution < -0.4 is 15.4 Å². The van der Waals surface area contributed by atoms with Crippen LogP contribution in [0.25, 0.3) is 0 Å². The van der Waals surface area contributed by atoms with Crippen LogP contribution in [0.1, 0.15) is 16.8 Å². The molecule has 2 aromatic rings. The Morgan fingerprint density at radius 2 is 2.09 bits per heavy atom. The Balaban J connectivity index is 1.91.